The highest BCUT2D eigenvalue weighted by molar-refractivity contribution is 5.82. The maximum atomic E-state index is 12.6. The Bertz CT molecular complexity index is 930. The Morgan fingerprint density at radius 3 is 2.96 bits per heavy atom. The van der Waals surface area contributed by atoms with Gasteiger partial charge in [0.05, 0.1) is 11.8 Å². The van der Waals surface area contributed by atoms with E-state index in [-0.39, 0.29) is 17.5 Å². The van der Waals surface area contributed by atoms with Crippen LogP contribution < -0.4 is 10.9 Å². The molecule has 1 aliphatic carbocycles. The Labute approximate surface area is 131 Å². The SMILES string of the molecule is CC(C(=O)NC1CCCC1)n1ncn2c(cc3occc32)c1=O. The average molecular weight is 314 g/mol. The maximum Gasteiger partial charge on any atom is 0.291 e. The van der Waals surface area contributed by atoms with Crippen molar-refractivity contribution in [1.29, 1.82) is 0 Å². The Morgan fingerprint density at radius 1 is 1.39 bits per heavy atom. The zero-order valence-corrected chi connectivity index (χ0v) is 12.9. The summed E-state index contributed by atoms with van der Waals surface area (Å²) in [4.78, 5) is 25.0. The van der Waals surface area contributed by atoms with Crippen molar-refractivity contribution in [3.05, 3.63) is 35.1 Å². The Balaban J connectivity index is 1.68. The monoisotopic (exact) mass is 314 g/mol. The van der Waals surface area contributed by atoms with Gasteiger partial charge in [0.15, 0.2) is 5.58 Å². The second-order valence-electron chi connectivity index (χ2n) is 6.12. The summed E-state index contributed by atoms with van der Waals surface area (Å²) in [6.07, 6.45) is 7.43. The van der Waals surface area contributed by atoms with Crippen LogP contribution in [0.2, 0.25) is 0 Å². The number of nitrogens with zero attached hydrogens (tertiary/aromatic N) is 3. The fourth-order valence-electron chi connectivity index (χ4n) is 3.29. The predicted molar refractivity (Wildman–Crippen MR) is 84.3 cm³/mol. The van der Waals surface area contributed by atoms with Gasteiger partial charge >= 0.3 is 0 Å². The van der Waals surface area contributed by atoms with Gasteiger partial charge in [-0.3, -0.25) is 14.0 Å². The van der Waals surface area contributed by atoms with Crippen molar-refractivity contribution in [1.82, 2.24) is 19.5 Å². The fourth-order valence-corrected chi connectivity index (χ4v) is 3.29. The van der Waals surface area contributed by atoms with Gasteiger partial charge in [0.25, 0.3) is 5.56 Å². The van der Waals surface area contributed by atoms with Crippen molar-refractivity contribution < 1.29 is 9.21 Å². The number of hydrogen-bond donors (Lipinski definition) is 1. The van der Waals surface area contributed by atoms with E-state index in [0.29, 0.717) is 11.1 Å². The largest absolute Gasteiger partial charge is 0.463 e. The number of carbonyl (C=O) groups excluding carboxylic acids is 1. The molecule has 0 spiro atoms. The van der Waals surface area contributed by atoms with Crippen molar-refractivity contribution >= 4 is 22.5 Å². The number of rotatable bonds is 3. The van der Waals surface area contributed by atoms with Crippen molar-refractivity contribution in [3.8, 4) is 0 Å². The Hall–Kier alpha value is -2.57. The number of amides is 1. The number of nitrogens with one attached hydrogen (secondary N) is 1. The molecule has 0 radical (unpaired) electrons. The fraction of sp³-hybridized carbons (Fsp3) is 0.438. The van der Waals surface area contributed by atoms with Crippen LogP contribution in [0.15, 0.2) is 33.9 Å². The molecule has 1 N–H and O–H groups in total. The molecular formula is C16H18N4O3. The van der Waals surface area contributed by atoms with E-state index in [1.54, 1.807) is 36.0 Å². The van der Waals surface area contributed by atoms with Gasteiger partial charge in [-0.1, -0.05) is 12.8 Å². The van der Waals surface area contributed by atoms with Gasteiger partial charge < -0.3 is 9.73 Å². The summed E-state index contributed by atoms with van der Waals surface area (Å²) in [7, 11) is 0. The molecule has 7 nitrogen and oxygen atoms in total. The smallest absolute Gasteiger partial charge is 0.291 e. The third-order valence-electron chi connectivity index (χ3n) is 4.63. The summed E-state index contributed by atoms with van der Waals surface area (Å²) >= 11 is 0. The van der Waals surface area contributed by atoms with Crippen LogP contribution in [-0.4, -0.2) is 26.1 Å². The van der Waals surface area contributed by atoms with Crippen LogP contribution in [0, 0.1) is 0 Å². The maximum absolute atomic E-state index is 12.6. The van der Waals surface area contributed by atoms with E-state index in [0.717, 1.165) is 31.2 Å². The molecule has 3 aromatic rings. The van der Waals surface area contributed by atoms with Crippen LogP contribution in [-0.2, 0) is 4.79 Å². The number of aromatic nitrogens is 3. The summed E-state index contributed by atoms with van der Waals surface area (Å²) in [6, 6.07) is 3.04. The molecule has 1 fully saturated rings. The van der Waals surface area contributed by atoms with Gasteiger partial charge in [-0.05, 0) is 19.8 Å². The third-order valence-corrected chi connectivity index (χ3v) is 4.63. The summed E-state index contributed by atoms with van der Waals surface area (Å²) in [6.45, 7) is 1.70. The number of fused-ring (bicyclic) bond motifs is 3. The zero-order chi connectivity index (χ0) is 16.0. The molecule has 23 heavy (non-hydrogen) atoms. The van der Waals surface area contributed by atoms with Crippen LogP contribution >= 0.6 is 0 Å². The molecule has 1 saturated carbocycles. The first-order valence-corrected chi connectivity index (χ1v) is 7.91. The van der Waals surface area contributed by atoms with E-state index >= 15 is 0 Å². The summed E-state index contributed by atoms with van der Waals surface area (Å²) < 4.78 is 8.23. The highest BCUT2D eigenvalue weighted by Crippen LogP contribution is 2.20. The number of furan rings is 1. The number of carbonyl (C=O) groups is 1. The van der Waals surface area contributed by atoms with Gasteiger partial charge in [0.1, 0.15) is 17.9 Å². The van der Waals surface area contributed by atoms with Crippen molar-refractivity contribution in [2.24, 2.45) is 0 Å². The molecule has 3 heterocycles. The minimum atomic E-state index is -0.644. The van der Waals surface area contributed by atoms with E-state index in [2.05, 4.69) is 10.4 Å². The molecule has 7 heteroatoms. The summed E-state index contributed by atoms with van der Waals surface area (Å²) in [5, 5.41) is 7.18. The van der Waals surface area contributed by atoms with Gasteiger partial charge in [-0.25, -0.2) is 4.68 Å². The number of hydrogen-bond acceptors (Lipinski definition) is 4. The standard InChI is InChI=1S/C16H18N4O3/c1-10(15(21)18-11-4-2-3-5-11)20-16(22)13-8-14-12(6-7-23-14)19(13)9-17-20/h6-11H,2-5H2,1H3,(H,18,21). The van der Waals surface area contributed by atoms with Crippen LogP contribution in [0.4, 0.5) is 0 Å². The predicted octanol–water partition coefficient (Wildman–Crippen LogP) is 1.86. The zero-order valence-electron chi connectivity index (χ0n) is 12.9. The van der Waals surface area contributed by atoms with Gasteiger partial charge in [0.2, 0.25) is 5.91 Å². The van der Waals surface area contributed by atoms with E-state index in [9.17, 15) is 9.59 Å². The minimum absolute atomic E-state index is 0.161. The third kappa shape index (κ3) is 2.23. The van der Waals surface area contributed by atoms with Crippen molar-refractivity contribution in [2.45, 2.75) is 44.7 Å². The van der Waals surface area contributed by atoms with Gasteiger partial charge in [-0.15, -0.1) is 0 Å². The van der Waals surface area contributed by atoms with E-state index in [4.69, 9.17) is 4.42 Å². The molecule has 1 unspecified atom stereocenters. The first-order chi connectivity index (χ1) is 11.1. The normalized spacial score (nSPS) is 17.1. The lowest BCUT2D eigenvalue weighted by Crippen LogP contribution is -2.41. The molecular weight excluding hydrogens is 296 g/mol. The molecule has 4 rings (SSSR count). The van der Waals surface area contributed by atoms with Crippen LogP contribution in [0.3, 0.4) is 0 Å². The summed E-state index contributed by atoms with van der Waals surface area (Å²) in [5.41, 5.74) is 1.58. The van der Waals surface area contributed by atoms with E-state index < -0.39 is 6.04 Å². The highest BCUT2D eigenvalue weighted by atomic mass is 16.3. The van der Waals surface area contributed by atoms with Crippen molar-refractivity contribution in [2.75, 3.05) is 0 Å². The molecule has 120 valence electrons. The van der Waals surface area contributed by atoms with Gasteiger partial charge in [-0.2, -0.15) is 5.10 Å². The lowest BCUT2D eigenvalue weighted by molar-refractivity contribution is -0.124. The van der Waals surface area contributed by atoms with Crippen molar-refractivity contribution in [3.63, 3.8) is 0 Å². The van der Waals surface area contributed by atoms with E-state index in [1.807, 2.05) is 0 Å². The molecule has 1 atom stereocenters. The first-order valence-electron chi connectivity index (χ1n) is 7.91. The topological polar surface area (TPSA) is 81.5 Å². The molecule has 0 aliphatic heterocycles. The van der Waals surface area contributed by atoms with Gasteiger partial charge in [0, 0.05) is 18.2 Å². The van der Waals surface area contributed by atoms with Crippen LogP contribution in [0.25, 0.3) is 16.6 Å². The van der Waals surface area contributed by atoms with Crippen LogP contribution in [0.1, 0.15) is 38.6 Å². The molecule has 1 amide bonds. The second kappa shape index (κ2) is 5.26. The Kier molecular flexibility index (Phi) is 3.21. The quantitative estimate of drug-likeness (QED) is 0.800. The lowest BCUT2D eigenvalue weighted by Gasteiger charge is -2.17. The molecule has 3 aromatic heterocycles. The lowest BCUT2D eigenvalue weighted by atomic mass is 10.2. The average Bonchev–Trinajstić information content (AvgIpc) is 3.24. The first kappa shape index (κ1) is 14.0. The molecule has 0 aromatic carbocycles. The molecule has 1 aliphatic rings. The molecule has 0 saturated heterocycles. The molecule has 0 bridgehead atoms. The Morgan fingerprint density at radius 2 is 2.17 bits per heavy atom. The van der Waals surface area contributed by atoms with Crippen LogP contribution in [0.5, 0.6) is 0 Å². The van der Waals surface area contributed by atoms with E-state index in [1.165, 1.54) is 4.68 Å². The second-order valence-corrected chi connectivity index (χ2v) is 6.12. The minimum Gasteiger partial charge on any atom is -0.463 e. The highest BCUT2D eigenvalue weighted by Gasteiger charge is 2.23. The summed E-state index contributed by atoms with van der Waals surface area (Å²) in [5.74, 6) is -0.161.